The minimum absolute atomic E-state index is 0.00506. The van der Waals surface area contributed by atoms with E-state index in [0.717, 1.165) is 12.8 Å². The molecule has 1 unspecified atom stereocenters. The molecule has 0 saturated carbocycles. The predicted octanol–water partition coefficient (Wildman–Crippen LogP) is 0.392. The van der Waals surface area contributed by atoms with E-state index >= 15 is 0 Å². The molecule has 0 aliphatic heterocycles. The molecule has 4 N–H and O–H groups in total. The lowest BCUT2D eigenvalue weighted by Crippen LogP contribution is -2.43. The first-order valence-corrected chi connectivity index (χ1v) is 6.30. The van der Waals surface area contributed by atoms with Gasteiger partial charge in [-0.2, -0.15) is 0 Å². The maximum absolute atomic E-state index is 11.5. The van der Waals surface area contributed by atoms with Gasteiger partial charge in [-0.25, -0.2) is 0 Å². The summed E-state index contributed by atoms with van der Waals surface area (Å²) in [7, 11) is 0. The van der Waals surface area contributed by atoms with Gasteiger partial charge in [0, 0.05) is 19.0 Å². The molecule has 0 fully saturated rings. The summed E-state index contributed by atoms with van der Waals surface area (Å²) in [6.07, 6.45) is 2.70. The van der Waals surface area contributed by atoms with Gasteiger partial charge in [0.25, 0.3) is 0 Å². The van der Waals surface area contributed by atoms with Crippen molar-refractivity contribution in [1.29, 1.82) is 0 Å². The fourth-order valence-electron chi connectivity index (χ4n) is 1.26. The van der Waals surface area contributed by atoms with Crippen LogP contribution in [0.2, 0.25) is 0 Å². The highest BCUT2D eigenvalue weighted by molar-refractivity contribution is 5.81. The molecule has 0 bridgehead atoms. The lowest BCUT2D eigenvalue weighted by atomic mass is 10.1. The van der Waals surface area contributed by atoms with Crippen LogP contribution in [0.5, 0.6) is 0 Å². The van der Waals surface area contributed by atoms with Gasteiger partial charge < -0.3 is 16.4 Å². The standard InChI is InChI=1S/C12H25N3O2/c1-4-5-6-10(13)12(17)15-8-7-14-11(16)9(2)3/h9-10H,4-8,13H2,1-3H3,(H,14,16)(H,15,17). The second kappa shape index (κ2) is 8.98. The Hall–Kier alpha value is -1.10. The van der Waals surface area contributed by atoms with Crippen LogP contribution < -0.4 is 16.4 Å². The fraction of sp³-hybridized carbons (Fsp3) is 0.833. The zero-order chi connectivity index (χ0) is 13.3. The summed E-state index contributed by atoms with van der Waals surface area (Å²) in [4.78, 5) is 22.7. The molecule has 0 heterocycles. The molecule has 0 radical (unpaired) electrons. The minimum Gasteiger partial charge on any atom is -0.354 e. The topological polar surface area (TPSA) is 84.2 Å². The number of nitrogens with one attached hydrogen (secondary N) is 2. The van der Waals surface area contributed by atoms with Crippen LogP contribution in [0.15, 0.2) is 0 Å². The van der Waals surface area contributed by atoms with Crippen molar-refractivity contribution in [3.63, 3.8) is 0 Å². The molecule has 2 amide bonds. The third-order valence-corrected chi connectivity index (χ3v) is 2.45. The van der Waals surface area contributed by atoms with E-state index < -0.39 is 6.04 Å². The Kier molecular flexibility index (Phi) is 8.40. The average Bonchev–Trinajstić information content (AvgIpc) is 2.30. The summed E-state index contributed by atoms with van der Waals surface area (Å²) in [6, 6.07) is -0.434. The number of hydrogen-bond donors (Lipinski definition) is 3. The molecule has 17 heavy (non-hydrogen) atoms. The van der Waals surface area contributed by atoms with Crippen LogP contribution in [0.1, 0.15) is 40.0 Å². The molecule has 0 aromatic heterocycles. The Morgan fingerprint density at radius 3 is 2.12 bits per heavy atom. The highest BCUT2D eigenvalue weighted by Gasteiger charge is 2.12. The quantitative estimate of drug-likeness (QED) is 0.539. The third-order valence-electron chi connectivity index (χ3n) is 2.45. The van der Waals surface area contributed by atoms with Crippen LogP contribution in [-0.2, 0) is 9.59 Å². The summed E-state index contributed by atoms with van der Waals surface area (Å²) in [5.41, 5.74) is 5.69. The van der Waals surface area contributed by atoms with Gasteiger partial charge >= 0.3 is 0 Å². The average molecular weight is 243 g/mol. The summed E-state index contributed by atoms with van der Waals surface area (Å²) < 4.78 is 0. The smallest absolute Gasteiger partial charge is 0.236 e. The third kappa shape index (κ3) is 7.74. The molecule has 5 nitrogen and oxygen atoms in total. The van der Waals surface area contributed by atoms with Gasteiger partial charge in [0.05, 0.1) is 6.04 Å². The molecule has 100 valence electrons. The Labute approximate surface area is 104 Å². The van der Waals surface area contributed by atoms with Crippen LogP contribution in [0.3, 0.4) is 0 Å². The van der Waals surface area contributed by atoms with Crippen molar-refractivity contribution in [2.24, 2.45) is 11.7 Å². The zero-order valence-corrected chi connectivity index (χ0v) is 11.1. The van der Waals surface area contributed by atoms with Gasteiger partial charge in [-0.15, -0.1) is 0 Å². The Morgan fingerprint density at radius 1 is 1.12 bits per heavy atom. The van der Waals surface area contributed by atoms with Gasteiger partial charge in [0.1, 0.15) is 0 Å². The van der Waals surface area contributed by atoms with E-state index in [9.17, 15) is 9.59 Å². The molecular formula is C12H25N3O2. The Bertz CT molecular complexity index is 242. The number of carbonyl (C=O) groups is 2. The first-order chi connectivity index (χ1) is 7.99. The zero-order valence-electron chi connectivity index (χ0n) is 11.1. The van der Waals surface area contributed by atoms with E-state index in [2.05, 4.69) is 17.6 Å². The number of hydrogen-bond acceptors (Lipinski definition) is 3. The molecule has 0 aliphatic rings. The summed E-state index contributed by atoms with van der Waals surface area (Å²) in [5.74, 6) is -0.177. The number of nitrogens with two attached hydrogens (primary N) is 1. The lowest BCUT2D eigenvalue weighted by molar-refractivity contribution is -0.125. The van der Waals surface area contributed by atoms with Gasteiger partial charge in [-0.3, -0.25) is 9.59 Å². The molecular weight excluding hydrogens is 218 g/mol. The molecule has 0 aromatic rings. The van der Waals surface area contributed by atoms with Gasteiger partial charge in [-0.05, 0) is 6.42 Å². The normalized spacial score (nSPS) is 12.3. The molecule has 0 aliphatic carbocycles. The van der Waals surface area contributed by atoms with Crippen LogP contribution in [0.4, 0.5) is 0 Å². The van der Waals surface area contributed by atoms with Crippen LogP contribution in [-0.4, -0.2) is 30.9 Å². The SMILES string of the molecule is CCCCC(N)C(=O)NCCNC(=O)C(C)C. The minimum atomic E-state index is -0.434. The van der Waals surface area contributed by atoms with E-state index in [1.54, 1.807) is 0 Å². The van der Waals surface area contributed by atoms with Crippen molar-refractivity contribution in [2.45, 2.75) is 46.1 Å². The van der Waals surface area contributed by atoms with Gasteiger partial charge in [0.15, 0.2) is 0 Å². The molecule has 5 heteroatoms. The van der Waals surface area contributed by atoms with Crippen LogP contribution >= 0.6 is 0 Å². The highest BCUT2D eigenvalue weighted by Crippen LogP contribution is 1.97. The first-order valence-electron chi connectivity index (χ1n) is 6.30. The Balaban J connectivity index is 3.60. The van der Waals surface area contributed by atoms with Crippen molar-refractivity contribution in [2.75, 3.05) is 13.1 Å². The maximum Gasteiger partial charge on any atom is 0.236 e. The van der Waals surface area contributed by atoms with Crippen molar-refractivity contribution in [3.8, 4) is 0 Å². The second-order valence-electron chi connectivity index (χ2n) is 4.49. The highest BCUT2D eigenvalue weighted by atomic mass is 16.2. The van der Waals surface area contributed by atoms with Gasteiger partial charge in [0.2, 0.25) is 11.8 Å². The maximum atomic E-state index is 11.5. The molecule has 0 rings (SSSR count). The number of carbonyl (C=O) groups excluding carboxylic acids is 2. The molecule has 1 atom stereocenters. The number of unbranched alkanes of at least 4 members (excludes halogenated alkanes) is 1. The molecule has 0 spiro atoms. The van der Waals surface area contributed by atoms with Gasteiger partial charge in [-0.1, -0.05) is 33.6 Å². The van der Waals surface area contributed by atoms with Crippen LogP contribution in [0, 0.1) is 5.92 Å². The van der Waals surface area contributed by atoms with Crippen molar-refractivity contribution in [3.05, 3.63) is 0 Å². The Morgan fingerprint density at radius 2 is 1.65 bits per heavy atom. The van der Waals surface area contributed by atoms with Crippen molar-refractivity contribution >= 4 is 11.8 Å². The van der Waals surface area contributed by atoms with E-state index in [0.29, 0.717) is 19.5 Å². The summed E-state index contributed by atoms with van der Waals surface area (Å²) in [5, 5.41) is 5.43. The number of rotatable bonds is 8. The van der Waals surface area contributed by atoms with Crippen LogP contribution in [0.25, 0.3) is 0 Å². The number of amides is 2. The first kappa shape index (κ1) is 15.9. The lowest BCUT2D eigenvalue weighted by Gasteiger charge is -2.12. The van der Waals surface area contributed by atoms with E-state index in [-0.39, 0.29) is 17.7 Å². The van der Waals surface area contributed by atoms with E-state index in [4.69, 9.17) is 5.73 Å². The van der Waals surface area contributed by atoms with E-state index in [1.165, 1.54) is 0 Å². The fourth-order valence-corrected chi connectivity index (χ4v) is 1.26. The predicted molar refractivity (Wildman–Crippen MR) is 68.4 cm³/mol. The van der Waals surface area contributed by atoms with E-state index in [1.807, 2.05) is 13.8 Å². The summed E-state index contributed by atoms with van der Waals surface area (Å²) >= 11 is 0. The molecule has 0 aromatic carbocycles. The monoisotopic (exact) mass is 243 g/mol. The second-order valence-corrected chi connectivity index (χ2v) is 4.49. The molecule has 0 saturated heterocycles. The largest absolute Gasteiger partial charge is 0.354 e. The summed E-state index contributed by atoms with van der Waals surface area (Å²) in [6.45, 7) is 6.59. The van der Waals surface area contributed by atoms with Crippen molar-refractivity contribution in [1.82, 2.24) is 10.6 Å². The van der Waals surface area contributed by atoms with Crippen molar-refractivity contribution < 1.29 is 9.59 Å².